The molecule has 1 aromatic rings. The Morgan fingerprint density at radius 2 is 1.20 bits per heavy atom. The van der Waals surface area contributed by atoms with E-state index in [1.165, 1.54) is 18.4 Å². The summed E-state index contributed by atoms with van der Waals surface area (Å²) in [5, 5.41) is 0. The first kappa shape index (κ1) is 21.4. The zero-order valence-electron chi connectivity index (χ0n) is 18.2. The standard InChI is InChI=1S/C26H36O4/c27-25(21-7-3-1-4-8-21)30-24-17-15-20(16-18-24)19-11-13-22(14-12-19)26(28)29-23-9-5-2-6-10-23/h11-14,20-21,23-24H,1-10,15-18H2. The van der Waals surface area contributed by atoms with E-state index in [9.17, 15) is 9.59 Å². The molecule has 0 heterocycles. The minimum absolute atomic E-state index is 0.0407. The zero-order chi connectivity index (χ0) is 20.8. The van der Waals surface area contributed by atoms with Gasteiger partial charge < -0.3 is 9.47 Å². The van der Waals surface area contributed by atoms with E-state index in [0.29, 0.717) is 11.5 Å². The lowest BCUT2D eigenvalue weighted by Crippen LogP contribution is -2.28. The summed E-state index contributed by atoms with van der Waals surface area (Å²) >= 11 is 0. The van der Waals surface area contributed by atoms with Gasteiger partial charge in [-0.05, 0) is 87.8 Å². The van der Waals surface area contributed by atoms with Gasteiger partial charge in [0.2, 0.25) is 0 Å². The monoisotopic (exact) mass is 412 g/mol. The number of carbonyl (C=O) groups is 2. The molecule has 4 rings (SSSR count). The molecule has 0 bridgehead atoms. The van der Waals surface area contributed by atoms with E-state index in [-0.39, 0.29) is 30.1 Å². The smallest absolute Gasteiger partial charge is 0.338 e. The van der Waals surface area contributed by atoms with Gasteiger partial charge in [-0.25, -0.2) is 4.79 Å². The highest BCUT2D eigenvalue weighted by Gasteiger charge is 2.29. The molecule has 3 aliphatic rings. The summed E-state index contributed by atoms with van der Waals surface area (Å²) in [7, 11) is 0. The lowest BCUT2D eigenvalue weighted by atomic mass is 9.82. The highest BCUT2D eigenvalue weighted by atomic mass is 16.5. The van der Waals surface area contributed by atoms with E-state index in [0.717, 1.165) is 77.0 Å². The topological polar surface area (TPSA) is 52.6 Å². The van der Waals surface area contributed by atoms with E-state index in [1.54, 1.807) is 0 Å². The Morgan fingerprint density at radius 3 is 1.83 bits per heavy atom. The largest absolute Gasteiger partial charge is 0.462 e. The van der Waals surface area contributed by atoms with Crippen LogP contribution in [0, 0.1) is 5.92 Å². The van der Waals surface area contributed by atoms with Crippen LogP contribution in [0.3, 0.4) is 0 Å². The van der Waals surface area contributed by atoms with Gasteiger partial charge in [0, 0.05) is 0 Å². The van der Waals surface area contributed by atoms with Crippen molar-refractivity contribution >= 4 is 11.9 Å². The van der Waals surface area contributed by atoms with Crippen molar-refractivity contribution < 1.29 is 19.1 Å². The molecule has 0 spiro atoms. The van der Waals surface area contributed by atoms with Crippen molar-refractivity contribution in [2.45, 2.75) is 108 Å². The molecule has 0 aromatic heterocycles. The highest BCUT2D eigenvalue weighted by molar-refractivity contribution is 5.89. The predicted molar refractivity (Wildman–Crippen MR) is 116 cm³/mol. The van der Waals surface area contributed by atoms with Gasteiger partial charge in [-0.3, -0.25) is 4.79 Å². The van der Waals surface area contributed by atoms with Crippen LogP contribution in [0.1, 0.15) is 112 Å². The lowest BCUT2D eigenvalue weighted by molar-refractivity contribution is -0.156. The third kappa shape index (κ3) is 5.65. The average molecular weight is 413 g/mol. The molecule has 0 radical (unpaired) electrons. The number of esters is 2. The first-order valence-electron chi connectivity index (χ1n) is 12.2. The molecule has 0 aliphatic heterocycles. The van der Waals surface area contributed by atoms with Crippen LogP contribution in [0.15, 0.2) is 24.3 Å². The number of ether oxygens (including phenoxy) is 2. The summed E-state index contributed by atoms with van der Waals surface area (Å²) in [4.78, 5) is 24.8. The summed E-state index contributed by atoms with van der Waals surface area (Å²) in [6.45, 7) is 0. The van der Waals surface area contributed by atoms with Crippen LogP contribution in [0.2, 0.25) is 0 Å². The van der Waals surface area contributed by atoms with Crippen molar-refractivity contribution in [2.75, 3.05) is 0 Å². The maximum atomic E-state index is 12.4. The molecule has 4 nitrogen and oxygen atoms in total. The Hall–Kier alpha value is -1.84. The van der Waals surface area contributed by atoms with Crippen LogP contribution < -0.4 is 0 Å². The maximum absolute atomic E-state index is 12.4. The van der Waals surface area contributed by atoms with E-state index in [2.05, 4.69) is 12.1 Å². The van der Waals surface area contributed by atoms with Crippen LogP contribution in [0.5, 0.6) is 0 Å². The molecule has 164 valence electrons. The van der Waals surface area contributed by atoms with Crippen LogP contribution in [-0.4, -0.2) is 24.1 Å². The van der Waals surface area contributed by atoms with E-state index >= 15 is 0 Å². The first-order valence-corrected chi connectivity index (χ1v) is 12.2. The van der Waals surface area contributed by atoms with E-state index < -0.39 is 0 Å². The first-order chi connectivity index (χ1) is 14.7. The molecule has 30 heavy (non-hydrogen) atoms. The molecule has 1 aromatic carbocycles. The Labute approximate surface area is 180 Å². The summed E-state index contributed by atoms with van der Waals surface area (Å²) in [6.07, 6.45) is 15.3. The summed E-state index contributed by atoms with van der Waals surface area (Å²) in [6, 6.07) is 7.98. The zero-order valence-corrected chi connectivity index (χ0v) is 18.2. The Morgan fingerprint density at radius 1 is 0.633 bits per heavy atom. The molecular formula is C26H36O4. The normalized spacial score (nSPS) is 26.1. The second-order valence-electron chi connectivity index (χ2n) is 9.53. The molecule has 0 N–H and O–H groups in total. The second kappa shape index (κ2) is 10.5. The van der Waals surface area contributed by atoms with Crippen molar-refractivity contribution in [3.63, 3.8) is 0 Å². The third-order valence-electron chi connectivity index (χ3n) is 7.34. The van der Waals surface area contributed by atoms with Crippen molar-refractivity contribution in [1.29, 1.82) is 0 Å². The predicted octanol–water partition coefficient (Wildman–Crippen LogP) is 6.33. The number of hydrogen-bond donors (Lipinski definition) is 0. The SMILES string of the molecule is O=C(OC1CCCCC1)c1ccc(C2CCC(OC(=O)C3CCCCC3)CC2)cc1. The molecular weight excluding hydrogens is 376 g/mol. The van der Waals surface area contributed by atoms with Gasteiger partial charge in [-0.2, -0.15) is 0 Å². The second-order valence-corrected chi connectivity index (χ2v) is 9.53. The molecule has 0 saturated heterocycles. The van der Waals surface area contributed by atoms with Gasteiger partial charge >= 0.3 is 11.9 Å². The number of rotatable bonds is 5. The highest BCUT2D eigenvalue weighted by Crippen LogP contribution is 2.35. The maximum Gasteiger partial charge on any atom is 0.338 e. The van der Waals surface area contributed by atoms with Gasteiger partial charge in [-0.1, -0.05) is 37.8 Å². The lowest BCUT2D eigenvalue weighted by Gasteiger charge is -2.30. The van der Waals surface area contributed by atoms with Gasteiger partial charge in [-0.15, -0.1) is 0 Å². The van der Waals surface area contributed by atoms with Crippen LogP contribution in [-0.2, 0) is 14.3 Å². The Balaban J connectivity index is 1.23. The Kier molecular flexibility index (Phi) is 7.46. The molecule has 0 atom stereocenters. The molecule has 3 fully saturated rings. The van der Waals surface area contributed by atoms with E-state index in [1.807, 2.05) is 12.1 Å². The molecule has 3 aliphatic carbocycles. The van der Waals surface area contributed by atoms with Gasteiger partial charge in [0.1, 0.15) is 12.2 Å². The van der Waals surface area contributed by atoms with Gasteiger partial charge in [0.15, 0.2) is 0 Å². The number of hydrogen-bond acceptors (Lipinski definition) is 4. The summed E-state index contributed by atoms with van der Waals surface area (Å²) in [5.74, 6) is 0.473. The quantitative estimate of drug-likeness (QED) is 0.531. The van der Waals surface area contributed by atoms with Crippen molar-refractivity contribution in [3.8, 4) is 0 Å². The molecule has 0 unspecified atom stereocenters. The minimum Gasteiger partial charge on any atom is -0.462 e. The van der Waals surface area contributed by atoms with Crippen LogP contribution in [0.25, 0.3) is 0 Å². The van der Waals surface area contributed by atoms with Crippen LogP contribution in [0.4, 0.5) is 0 Å². The van der Waals surface area contributed by atoms with Crippen LogP contribution >= 0.6 is 0 Å². The molecule has 4 heteroatoms. The summed E-state index contributed by atoms with van der Waals surface area (Å²) < 4.78 is 11.5. The minimum atomic E-state index is -0.188. The van der Waals surface area contributed by atoms with Gasteiger partial charge in [0.25, 0.3) is 0 Å². The number of carbonyl (C=O) groups excluding carboxylic acids is 2. The molecule has 0 amide bonds. The molecule has 3 saturated carbocycles. The fraction of sp³-hybridized carbons (Fsp3) is 0.692. The van der Waals surface area contributed by atoms with Crippen molar-refractivity contribution in [2.24, 2.45) is 5.92 Å². The number of benzene rings is 1. The Bertz CT molecular complexity index is 690. The van der Waals surface area contributed by atoms with E-state index in [4.69, 9.17) is 9.47 Å². The van der Waals surface area contributed by atoms with Crippen molar-refractivity contribution in [3.05, 3.63) is 35.4 Å². The van der Waals surface area contributed by atoms with Gasteiger partial charge in [0.05, 0.1) is 11.5 Å². The fourth-order valence-electron chi connectivity index (χ4n) is 5.41. The summed E-state index contributed by atoms with van der Waals surface area (Å²) in [5.41, 5.74) is 1.93. The fourth-order valence-corrected chi connectivity index (χ4v) is 5.41. The third-order valence-corrected chi connectivity index (χ3v) is 7.34. The van der Waals surface area contributed by atoms with Crippen molar-refractivity contribution in [1.82, 2.24) is 0 Å². The average Bonchev–Trinajstić information content (AvgIpc) is 2.81.